The Morgan fingerprint density at radius 1 is 1.46 bits per heavy atom. The second-order valence-electron chi connectivity index (χ2n) is 2.85. The van der Waals surface area contributed by atoms with Crippen molar-refractivity contribution >= 4 is 37.6 Å². The molecule has 0 N–H and O–H groups in total. The van der Waals surface area contributed by atoms with Gasteiger partial charge in [0.1, 0.15) is 0 Å². The van der Waals surface area contributed by atoms with Gasteiger partial charge in [0.2, 0.25) is 0 Å². The molecule has 0 aliphatic heterocycles. The highest BCUT2D eigenvalue weighted by Gasteiger charge is 2.08. The molecule has 0 spiro atoms. The molecule has 1 rings (SSSR count). The SMILES string of the molecule is Cc1ccc(C(=O)CCBr)c(Br)c1. The molecule has 0 fully saturated rings. The summed E-state index contributed by atoms with van der Waals surface area (Å²) in [5.41, 5.74) is 1.92. The van der Waals surface area contributed by atoms with Crippen LogP contribution in [0.2, 0.25) is 0 Å². The van der Waals surface area contributed by atoms with E-state index >= 15 is 0 Å². The van der Waals surface area contributed by atoms with Gasteiger partial charge in [-0.3, -0.25) is 4.79 Å². The normalized spacial score (nSPS) is 10.1. The zero-order chi connectivity index (χ0) is 9.84. The van der Waals surface area contributed by atoms with Gasteiger partial charge in [-0.2, -0.15) is 0 Å². The minimum absolute atomic E-state index is 0.170. The van der Waals surface area contributed by atoms with Gasteiger partial charge in [-0.05, 0) is 18.6 Å². The fourth-order valence-electron chi connectivity index (χ4n) is 1.07. The maximum atomic E-state index is 11.5. The Hall–Kier alpha value is -0.150. The summed E-state index contributed by atoms with van der Waals surface area (Å²) in [5, 5.41) is 0.714. The Morgan fingerprint density at radius 3 is 2.69 bits per heavy atom. The maximum absolute atomic E-state index is 11.5. The van der Waals surface area contributed by atoms with Gasteiger partial charge in [0.05, 0.1) is 0 Å². The Morgan fingerprint density at radius 2 is 2.15 bits per heavy atom. The molecule has 3 heteroatoms. The molecule has 0 unspecified atom stereocenters. The van der Waals surface area contributed by atoms with E-state index in [0.29, 0.717) is 11.8 Å². The molecule has 1 nitrogen and oxygen atoms in total. The number of ketones is 1. The van der Waals surface area contributed by atoms with Crippen molar-refractivity contribution in [1.82, 2.24) is 0 Å². The lowest BCUT2D eigenvalue weighted by atomic mass is 10.1. The van der Waals surface area contributed by atoms with Crippen LogP contribution in [0.4, 0.5) is 0 Å². The second kappa shape index (κ2) is 4.91. The number of aryl methyl sites for hydroxylation is 1. The largest absolute Gasteiger partial charge is 0.294 e. The summed E-state index contributed by atoms with van der Waals surface area (Å²) in [6.07, 6.45) is 0.543. The van der Waals surface area contributed by atoms with Crippen LogP contribution >= 0.6 is 31.9 Å². The van der Waals surface area contributed by atoms with E-state index in [0.717, 1.165) is 15.6 Å². The van der Waals surface area contributed by atoms with Crippen molar-refractivity contribution < 1.29 is 4.79 Å². The van der Waals surface area contributed by atoms with Crippen molar-refractivity contribution in [1.29, 1.82) is 0 Å². The molecular weight excluding hydrogens is 296 g/mol. The molecule has 0 bridgehead atoms. The summed E-state index contributed by atoms with van der Waals surface area (Å²) in [5.74, 6) is 0.170. The number of alkyl halides is 1. The average molecular weight is 306 g/mol. The van der Waals surface area contributed by atoms with Gasteiger partial charge in [-0.1, -0.05) is 44.0 Å². The predicted molar refractivity (Wildman–Crippen MR) is 61.6 cm³/mol. The quantitative estimate of drug-likeness (QED) is 0.614. The molecule has 0 amide bonds. The first-order valence-corrected chi connectivity index (χ1v) is 5.92. The number of hydrogen-bond acceptors (Lipinski definition) is 1. The molecule has 70 valence electrons. The molecule has 0 aliphatic rings. The lowest BCUT2D eigenvalue weighted by Gasteiger charge is -2.02. The standard InChI is InChI=1S/C10H10Br2O/c1-7-2-3-8(9(12)6-7)10(13)4-5-11/h2-3,6H,4-5H2,1H3. The minimum Gasteiger partial charge on any atom is -0.294 e. The molecule has 0 radical (unpaired) electrons. The highest BCUT2D eigenvalue weighted by atomic mass is 79.9. The third kappa shape index (κ3) is 2.92. The van der Waals surface area contributed by atoms with E-state index in [1.165, 1.54) is 0 Å². The van der Waals surface area contributed by atoms with Gasteiger partial charge in [0.15, 0.2) is 5.78 Å². The molecule has 0 atom stereocenters. The second-order valence-corrected chi connectivity index (χ2v) is 4.49. The topological polar surface area (TPSA) is 17.1 Å². The first kappa shape index (κ1) is 10.9. The summed E-state index contributed by atoms with van der Waals surface area (Å²) in [6.45, 7) is 2.00. The van der Waals surface area contributed by atoms with Crippen LogP contribution in [0, 0.1) is 6.92 Å². The molecule has 13 heavy (non-hydrogen) atoms. The summed E-state index contributed by atoms with van der Waals surface area (Å²) < 4.78 is 0.887. The van der Waals surface area contributed by atoms with Crippen molar-refractivity contribution in [2.24, 2.45) is 0 Å². The highest BCUT2D eigenvalue weighted by molar-refractivity contribution is 9.10. The molecule has 1 aromatic rings. The predicted octanol–water partition coefficient (Wildman–Crippen LogP) is 3.73. The number of Topliss-reactive ketones (excluding diaryl/α,β-unsaturated/α-hetero) is 1. The molecule has 0 aliphatic carbocycles. The van der Waals surface area contributed by atoms with Gasteiger partial charge in [0, 0.05) is 21.8 Å². The zero-order valence-electron chi connectivity index (χ0n) is 7.31. The molecular formula is C10H10Br2O. The fourth-order valence-corrected chi connectivity index (χ4v) is 2.14. The Balaban J connectivity index is 2.95. The summed E-state index contributed by atoms with van der Waals surface area (Å²) >= 11 is 6.63. The van der Waals surface area contributed by atoms with Crippen LogP contribution < -0.4 is 0 Å². The van der Waals surface area contributed by atoms with Crippen LogP contribution in [0.3, 0.4) is 0 Å². The van der Waals surface area contributed by atoms with Crippen LogP contribution in [-0.4, -0.2) is 11.1 Å². The van der Waals surface area contributed by atoms with Crippen LogP contribution in [0.1, 0.15) is 22.3 Å². The third-order valence-corrected chi connectivity index (χ3v) is 2.80. The number of rotatable bonds is 3. The lowest BCUT2D eigenvalue weighted by Crippen LogP contribution is -2.00. The molecule has 0 aromatic heterocycles. The van der Waals surface area contributed by atoms with Crippen molar-refractivity contribution in [3.8, 4) is 0 Å². The van der Waals surface area contributed by atoms with E-state index in [-0.39, 0.29) is 5.78 Å². The third-order valence-electron chi connectivity index (χ3n) is 1.75. The van der Waals surface area contributed by atoms with E-state index in [1.54, 1.807) is 0 Å². The lowest BCUT2D eigenvalue weighted by molar-refractivity contribution is 0.0989. The number of carbonyl (C=O) groups excluding carboxylic acids is 1. The smallest absolute Gasteiger partial charge is 0.164 e. The van der Waals surface area contributed by atoms with Crippen molar-refractivity contribution in [2.45, 2.75) is 13.3 Å². The van der Waals surface area contributed by atoms with Crippen LogP contribution in [0.25, 0.3) is 0 Å². The average Bonchev–Trinajstić information content (AvgIpc) is 2.04. The van der Waals surface area contributed by atoms with E-state index < -0.39 is 0 Å². The fraction of sp³-hybridized carbons (Fsp3) is 0.300. The first-order chi connectivity index (χ1) is 6.15. The molecule has 0 heterocycles. The molecule has 0 saturated heterocycles. The maximum Gasteiger partial charge on any atom is 0.164 e. The van der Waals surface area contributed by atoms with Crippen LogP contribution in [-0.2, 0) is 0 Å². The van der Waals surface area contributed by atoms with Gasteiger partial charge in [0.25, 0.3) is 0 Å². The monoisotopic (exact) mass is 304 g/mol. The van der Waals surface area contributed by atoms with E-state index in [4.69, 9.17) is 0 Å². The van der Waals surface area contributed by atoms with Gasteiger partial charge in [-0.15, -0.1) is 0 Å². The van der Waals surface area contributed by atoms with Crippen molar-refractivity contribution in [3.05, 3.63) is 33.8 Å². The highest BCUT2D eigenvalue weighted by Crippen LogP contribution is 2.19. The Kier molecular flexibility index (Phi) is 4.13. The molecule has 1 aromatic carbocycles. The van der Waals surface area contributed by atoms with E-state index in [1.807, 2.05) is 25.1 Å². The Labute approximate surface area is 94.8 Å². The first-order valence-electron chi connectivity index (χ1n) is 4.00. The molecule has 0 saturated carbocycles. The summed E-state index contributed by atoms with van der Waals surface area (Å²) in [7, 11) is 0. The van der Waals surface area contributed by atoms with E-state index in [2.05, 4.69) is 31.9 Å². The number of benzene rings is 1. The van der Waals surface area contributed by atoms with Gasteiger partial charge in [-0.25, -0.2) is 0 Å². The van der Waals surface area contributed by atoms with Crippen molar-refractivity contribution in [3.63, 3.8) is 0 Å². The van der Waals surface area contributed by atoms with Gasteiger partial charge < -0.3 is 0 Å². The van der Waals surface area contributed by atoms with Crippen LogP contribution in [0.15, 0.2) is 22.7 Å². The Bertz CT molecular complexity index is 321. The number of halogens is 2. The number of hydrogen-bond donors (Lipinski definition) is 0. The summed E-state index contributed by atoms with van der Waals surface area (Å²) in [4.78, 5) is 11.5. The number of carbonyl (C=O) groups is 1. The van der Waals surface area contributed by atoms with Crippen molar-refractivity contribution in [2.75, 3.05) is 5.33 Å². The van der Waals surface area contributed by atoms with E-state index in [9.17, 15) is 4.79 Å². The zero-order valence-corrected chi connectivity index (χ0v) is 10.5. The minimum atomic E-state index is 0.170. The summed E-state index contributed by atoms with van der Waals surface area (Å²) in [6, 6.07) is 5.78. The van der Waals surface area contributed by atoms with Gasteiger partial charge >= 0.3 is 0 Å². The van der Waals surface area contributed by atoms with Crippen LogP contribution in [0.5, 0.6) is 0 Å².